The zero-order valence-corrected chi connectivity index (χ0v) is 18.9. The van der Waals surface area contributed by atoms with Gasteiger partial charge >= 0.3 is 41.8 Å². The summed E-state index contributed by atoms with van der Waals surface area (Å²) in [5, 5.41) is 66.3. The van der Waals surface area contributed by atoms with Crippen molar-refractivity contribution in [1.82, 2.24) is 0 Å². The molecule has 202 valence electrons. The first-order valence-electron chi connectivity index (χ1n) is 10.3. The lowest BCUT2D eigenvalue weighted by Crippen LogP contribution is -2.42. The van der Waals surface area contributed by atoms with Gasteiger partial charge in [0.25, 0.3) is 0 Å². The van der Waals surface area contributed by atoms with Gasteiger partial charge < -0.3 is 40.9 Å². The van der Waals surface area contributed by atoms with Crippen LogP contribution in [-0.4, -0.2) is 88.2 Å². The Morgan fingerprint density at radius 1 is 0.400 bits per heavy atom. The second-order valence-corrected chi connectivity index (χ2v) is 7.17. The fraction of sp³-hybridized carbons (Fsp3) is 0.650. The summed E-state index contributed by atoms with van der Waals surface area (Å²) in [4.78, 5) is 70.1. The maximum absolute atomic E-state index is 10.3. The van der Waals surface area contributed by atoms with Crippen molar-refractivity contribution in [2.45, 2.75) is 82.7 Å². The zero-order chi connectivity index (χ0) is 28.0. The first-order valence-corrected chi connectivity index (χ1v) is 10.3. The number of aliphatic hydroxyl groups is 1. The Morgan fingerprint density at radius 3 is 0.857 bits per heavy atom. The zero-order valence-electron chi connectivity index (χ0n) is 18.9. The largest absolute Gasteiger partial charge is 0.481 e. The monoisotopic (exact) mass is 512 g/mol. The molecule has 0 unspecified atom stereocenters. The van der Waals surface area contributed by atoms with E-state index in [1.807, 2.05) is 0 Å². The summed E-state index contributed by atoms with van der Waals surface area (Å²) in [6.45, 7) is 0. The Kier molecular flexibility index (Phi) is 21.3. The Labute approximate surface area is 199 Å². The lowest BCUT2D eigenvalue weighted by Gasteiger charge is -2.18. The SMILES string of the molecule is O=C(O)CC(O)(CC(=O)O)C(=O)O.O=C(O)CCC(=O)O.O=C(O)CCCCCCCCC(=O)O. The van der Waals surface area contributed by atoms with Gasteiger partial charge in [0, 0.05) is 12.8 Å². The van der Waals surface area contributed by atoms with Gasteiger partial charge in [-0.15, -0.1) is 0 Å². The minimum atomic E-state index is -2.74. The van der Waals surface area contributed by atoms with E-state index in [1.54, 1.807) is 0 Å². The summed E-state index contributed by atoms with van der Waals surface area (Å²) in [6, 6.07) is 0. The molecule has 0 spiro atoms. The molecule has 0 radical (unpaired) electrons. The molecule has 0 bridgehead atoms. The van der Waals surface area contributed by atoms with Gasteiger partial charge in [-0.2, -0.15) is 0 Å². The highest BCUT2D eigenvalue weighted by molar-refractivity contribution is 5.88. The minimum absolute atomic E-state index is 0.245. The number of rotatable bonds is 17. The van der Waals surface area contributed by atoms with E-state index in [4.69, 9.17) is 40.9 Å². The average molecular weight is 512 g/mol. The van der Waals surface area contributed by atoms with Crippen molar-refractivity contribution in [3.05, 3.63) is 0 Å². The highest BCUT2D eigenvalue weighted by atomic mass is 16.4. The third-order valence-corrected chi connectivity index (χ3v) is 3.87. The molecule has 0 saturated carbocycles. The number of hydrogen-bond donors (Lipinski definition) is 8. The van der Waals surface area contributed by atoms with Crippen molar-refractivity contribution in [2.75, 3.05) is 0 Å². The number of hydrogen-bond acceptors (Lipinski definition) is 8. The Balaban J connectivity index is -0.000000456. The van der Waals surface area contributed by atoms with Crippen LogP contribution in [0, 0.1) is 0 Å². The van der Waals surface area contributed by atoms with E-state index >= 15 is 0 Å². The normalized spacial score (nSPS) is 9.97. The van der Waals surface area contributed by atoms with E-state index in [2.05, 4.69) is 0 Å². The molecule has 8 N–H and O–H groups in total. The molecule has 0 aliphatic rings. The van der Waals surface area contributed by atoms with E-state index in [1.165, 1.54) is 0 Å². The molecule has 0 saturated heterocycles. The van der Waals surface area contributed by atoms with Crippen LogP contribution >= 0.6 is 0 Å². The molecule has 0 amide bonds. The van der Waals surface area contributed by atoms with Gasteiger partial charge in [0.15, 0.2) is 5.60 Å². The van der Waals surface area contributed by atoms with Crippen LogP contribution in [0.3, 0.4) is 0 Å². The highest BCUT2D eigenvalue weighted by Gasteiger charge is 2.40. The molecule has 0 aliphatic heterocycles. The van der Waals surface area contributed by atoms with Crippen LogP contribution in [0.1, 0.15) is 77.0 Å². The van der Waals surface area contributed by atoms with Crippen molar-refractivity contribution in [3.63, 3.8) is 0 Å². The van der Waals surface area contributed by atoms with Crippen molar-refractivity contribution in [3.8, 4) is 0 Å². The fourth-order valence-electron chi connectivity index (χ4n) is 2.19. The molecule has 0 fully saturated rings. The molecule has 0 aromatic carbocycles. The summed E-state index contributed by atoms with van der Waals surface area (Å²) in [6.07, 6.45) is 2.94. The molecule has 0 atom stereocenters. The van der Waals surface area contributed by atoms with E-state index in [-0.39, 0.29) is 25.7 Å². The fourth-order valence-corrected chi connectivity index (χ4v) is 2.19. The number of carboxylic acids is 7. The van der Waals surface area contributed by atoms with E-state index < -0.39 is 60.2 Å². The molecule has 0 heterocycles. The lowest BCUT2D eigenvalue weighted by atomic mass is 9.96. The van der Waals surface area contributed by atoms with E-state index in [0.29, 0.717) is 0 Å². The van der Waals surface area contributed by atoms with Gasteiger partial charge in [0.1, 0.15) is 0 Å². The molecule has 15 heteroatoms. The first-order chi connectivity index (χ1) is 16.0. The maximum atomic E-state index is 10.3. The minimum Gasteiger partial charge on any atom is -0.481 e. The van der Waals surface area contributed by atoms with Crippen molar-refractivity contribution < 1.29 is 74.4 Å². The topological polar surface area (TPSA) is 281 Å². The van der Waals surface area contributed by atoms with Gasteiger partial charge in [0.2, 0.25) is 0 Å². The van der Waals surface area contributed by atoms with Crippen molar-refractivity contribution >= 4 is 41.8 Å². The third kappa shape index (κ3) is 30.2. The van der Waals surface area contributed by atoms with Crippen LogP contribution in [0.2, 0.25) is 0 Å². The van der Waals surface area contributed by atoms with Crippen LogP contribution in [0.4, 0.5) is 0 Å². The van der Waals surface area contributed by atoms with Gasteiger partial charge in [-0.25, -0.2) is 4.79 Å². The standard InChI is InChI=1S/C10H18O4.C6H8O7.C4H6O4/c11-9(12)7-5-3-1-2-4-6-8-10(13)14;7-3(8)1-6(13,5(11)12)2-4(9)10;5-3(6)1-2-4(7)8/h1-8H2,(H,11,12)(H,13,14);13H,1-2H2,(H,7,8)(H,9,10)(H,11,12);1-2H2,(H,5,6)(H,7,8). The molecular weight excluding hydrogens is 480 g/mol. The van der Waals surface area contributed by atoms with Gasteiger partial charge in [-0.1, -0.05) is 25.7 Å². The molecule has 0 rings (SSSR count). The Hall–Kier alpha value is -3.75. The van der Waals surface area contributed by atoms with Crippen LogP contribution < -0.4 is 0 Å². The molecular formula is C20H32O15. The molecule has 35 heavy (non-hydrogen) atoms. The Bertz CT molecular complexity index is 663. The third-order valence-electron chi connectivity index (χ3n) is 3.87. The first kappa shape index (κ1) is 35.8. The second-order valence-electron chi connectivity index (χ2n) is 7.17. The van der Waals surface area contributed by atoms with Gasteiger partial charge in [0.05, 0.1) is 25.7 Å². The van der Waals surface area contributed by atoms with E-state index in [0.717, 1.165) is 38.5 Å². The molecule has 0 aromatic rings. The van der Waals surface area contributed by atoms with Gasteiger partial charge in [-0.3, -0.25) is 28.8 Å². The highest BCUT2D eigenvalue weighted by Crippen LogP contribution is 2.15. The summed E-state index contributed by atoms with van der Waals surface area (Å²) in [7, 11) is 0. The van der Waals surface area contributed by atoms with Crippen LogP contribution in [-0.2, 0) is 33.6 Å². The summed E-state index contributed by atoms with van der Waals surface area (Å²) >= 11 is 0. The summed E-state index contributed by atoms with van der Waals surface area (Å²) in [5.74, 6) is -8.65. The van der Waals surface area contributed by atoms with Gasteiger partial charge in [-0.05, 0) is 12.8 Å². The average Bonchev–Trinajstić information content (AvgIpc) is 2.67. The predicted octanol–water partition coefficient (Wildman–Crippen LogP) is 0.964. The molecule has 0 aliphatic carbocycles. The molecule has 0 aromatic heterocycles. The molecule has 15 nitrogen and oxygen atoms in total. The quantitative estimate of drug-likeness (QED) is 0.126. The summed E-state index contributed by atoms with van der Waals surface area (Å²) in [5.41, 5.74) is -2.74. The van der Waals surface area contributed by atoms with Crippen LogP contribution in [0.5, 0.6) is 0 Å². The maximum Gasteiger partial charge on any atom is 0.336 e. The Morgan fingerprint density at radius 2 is 0.657 bits per heavy atom. The predicted molar refractivity (Wildman–Crippen MR) is 114 cm³/mol. The number of aliphatic carboxylic acids is 7. The summed E-state index contributed by atoms with van der Waals surface area (Å²) < 4.78 is 0. The smallest absolute Gasteiger partial charge is 0.336 e. The van der Waals surface area contributed by atoms with Crippen LogP contribution in [0.15, 0.2) is 0 Å². The number of carboxylic acid groups (broad SMARTS) is 7. The van der Waals surface area contributed by atoms with E-state index in [9.17, 15) is 33.6 Å². The second kappa shape index (κ2) is 20.8. The van der Waals surface area contributed by atoms with Crippen molar-refractivity contribution in [1.29, 1.82) is 0 Å². The number of unbranched alkanes of at least 4 members (excludes halogenated alkanes) is 5. The lowest BCUT2D eigenvalue weighted by molar-refractivity contribution is -0.170. The van der Waals surface area contributed by atoms with Crippen molar-refractivity contribution in [2.24, 2.45) is 0 Å². The number of carbonyl (C=O) groups is 7. The van der Waals surface area contributed by atoms with Crippen LogP contribution in [0.25, 0.3) is 0 Å².